The molecule has 0 spiro atoms. The van der Waals surface area contributed by atoms with Crippen molar-refractivity contribution < 1.29 is 0 Å². The van der Waals surface area contributed by atoms with E-state index in [1.54, 1.807) is 6.21 Å². The van der Waals surface area contributed by atoms with E-state index in [0.29, 0.717) is 5.95 Å². The largest absolute Gasteiger partial charge is 0.358 e. The van der Waals surface area contributed by atoms with Crippen LogP contribution in [0.1, 0.15) is 11.3 Å². The Morgan fingerprint density at radius 1 is 1.33 bits per heavy atom. The lowest BCUT2D eigenvalue weighted by atomic mass is 10.1. The molecule has 9 heteroatoms. The average molecular weight is 328 g/mol. The molecule has 0 radical (unpaired) electrons. The molecule has 0 aliphatic heterocycles. The Morgan fingerprint density at radius 2 is 2.10 bits per heavy atom. The highest BCUT2D eigenvalue weighted by Gasteiger charge is 2.05. The van der Waals surface area contributed by atoms with E-state index in [1.807, 2.05) is 31.2 Å². The minimum absolute atomic E-state index is 0. The number of nitrogens with one attached hydrogen (secondary N) is 2. The van der Waals surface area contributed by atoms with Crippen molar-refractivity contribution in [1.82, 2.24) is 19.9 Å². The molecule has 0 amide bonds. The number of nitrogens with zero attached hydrogens (tertiary/aromatic N) is 4. The number of rotatable bonds is 3. The van der Waals surface area contributed by atoms with Gasteiger partial charge in [0.2, 0.25) is 0 Å². The fourth-order valence-electron chi connectivity index (χ4n) is 1.94. The van der Waals surface area contributed by atoms with Gasteiger partial charge in [0.1, 0.15) is 6.33 Å². The molecule has 3 rings (SSSR count). The maximum atomic E-state index is 5.57. The number of hydrogen-bond acceptors (Lipinski definition) is 5. The SMILES string of the molecule is Cc1[nH]c2ccccc2c1C=NNc1nncn1N.Cl.Cl. The molecule has 3 aromatic rings. The summed E-state index contributed by atoms with van der Waals surface area (Å²) < 4.78 is 1.26. The van der Waals surface area contributed by atoms with Crippen LogP contribution in [0, 0.1) is 6.92 Å². The lowest BCUT2D eigenvalue weighted by Crippen LogP contribution is -2.10. The molecule has 0 aliphatic rings. The quantitative estimate of drug-likeness (QED) is 0.389. The molecule has 0 fully saturated rings. The number of halogens is 2. The summed E-state index contributed by atoms with van der Waals surface area (Å²) >= 11 is 0. The smallest absolute Gasteiger partial charge is 0.263 e. The first-order chi connectivity index (χ1) is 9.25. The minimum Gasteiger partial charge on any atom is -0.358 e. The Kier molecular flexibility index (Phi) is 5.57. The Hall–Kier alpha value is -2.25. The first-order valence-corrected chi connectivity index (χ1v) is 5.77. The van der Waals surface area contributed by atoms with E-state index in [0.717, 1.165) is 22.2 Å². The number of H-pyrrole nitrogens is 1. The summed E-state index contributed by atoms with van der Waals surface area (Å²) in [4.78, 5) is 3.31. The fraction of sp³-hybridized carbons (Fsp3) is 0.0833. The first kappa shape index (κ1) is 16.8. The van der Waals surface area contributed by atoms with Crippen molar-refractivity contribution in [3.63, 3.8) is 0 Å². The van der Waals surface area contributed by atoms with Crippen molar-refractivity contribution in [2.45, 2.75) is 6.92 Å². The molecule has 7 nitrogen and oxygen atoms in total. The molecular formula is C12H15Cl2N7. The number of benzene rings is 1. The molecular weight excluding hydrogens is 313 g/mol. The summed E-state index contributed by atoms with van der Waals surface area (Å²) in [5.74, 6) is 5.95. The number of aryl methyl sites for hydroxylation is 1. The second-order valence-corrected chi connectivity index (χ2v) is 4.14. The van der Waals surface area contributed by atoms with Crippen molar-refractivity contribution in [2.24, 2.45) is 5.10 Å². The highest BCUT2D eigenvalue weighted by molar-refractivity contribution is 6.00. The number of hydrazone groups is 1. The number of nitrogens with two attached hydrogens (primary N) is 1. The standard InChI is InChI=1S/C12H13N7.2ClH/c1-8-10(9-4-2-3-5-11(9)16-8)6-14-17-12-18-15-7-19(12)13;;/h2-7,16H,13H2,1H3,(H,17,18);2*1H. The van der Waals surface area contributed by atoms with Crippen molar-refractivity contribution in [3.05, 3.63) is 41.9 Å². The Labute approximate surface area is 133 Å². The topological polar surface area (TPSA) is 96.9 Å². The van der Waals surface area contributed by atoms with Gasteiger partial charge in [-0.15, -0.1) is 35.0 Å². The molecule has 0 aliphatic carbocycles. The van der Waals surface area contributed by atoms with E-state index in [-0.39, 0.29) is 24.8 Å². The van der Waals surface area contributed by atoms with Gasteiger partial charge in [-0.3, -0.25) is 0 Å². The van der Waals surface area contributed by atoms with Gasteiger partial charge >= 0.3 is 0 Å². The number of nitrogen functional groups attached to an aromatic ring is 1. The summed E-state index contributed by atoms with van der Waals surface area (Å²) in [5, 5.41) is 12.7. The van der Waals surface area contributed by atoms with Crippen LogP contribution in [0.5, 0.6) is 0 Å². The van der Waals surface area contributed by atoms with Crippen LogP contribution in [0.3, 0.4) is 0 Å². The molecule has 0 saturated heterocycles. The second kappa shape index (κ2) is 6.96. The molecule has 1 aromatic carbocycles. The van der Waals surface area contributed by atoms with Gasteiger partial charge in [0.15, 0.2) is 0 Å². The van der Waals surface area contributed by atoms with E-state index in [9.17, 15) is 0 Å². The number of anilines is 1. The van der Waals surface area contributed by atoms with Crippen molar-refractivity contribution in [2.75, 3.05) is 11.3 Å². The van der Waals surface area contributed by atoms with E-state index >= 15 is 0 Å². The average Bonchev–Trinajstić information content (AvgIpc) is 2.94. The summed E-state index contributed by atoms with van der Waals surface area (Å²) in [6, 6.07) is 8.07. The lowest BCUT2D eigenvalue weighted by molar-refractivity contribution is 0.988. The van der Waals surface area contributed by atoms with Crippen LogP contribution >= 0.6 is 24.8 Å². The fourth-order valence-corrected chi connectivity index (χ4v) is 1.94. The van der Waals surface area contributed by atoms with Gasteiger partial charge in [-0.2, -0.15) is 5.10 Å². The molecule has 0 saturated carbocycles. The summed E-state index contributed by atoms with van der Waals surface area (Å²) in [7, 11) is 0. The Balaban J connectivity index is 0.00000110. The number of fused-ring (bicyclic) bond motifs is 1. The lowest BCUT2D eigenvalue weighted by Gasteiger charge is -1.97. The number of aromatic amines is 1. The number of aromatic nitrogens is 4. The second-order valence-electron chi connectivity index (χ2n) is 4.14. The predicted octanol–water partition coefficient (Wildman–Crippen LogP) is 2.07. The normalized spacial score (nSPS) is 10.3. The molecule has 0 unspecified atom stereocenters. The van der Waals surface area contributed by atoms with Crippen LogP contribution in [-0.2, 0) is 0 Å². The molecule has 2 aromatic heterocycles. The molecule has 21 heavy (non-hydrogen) atoms. The van der Waals surface area contributed by atoms with Crippen molar-refractivity contribution in [3.8, 4) is 0 Å². The molecule has 0 atom stereocenters. The van der Waals surface area contributed by atoms with Gasteiger partial charge in [-0.05, 0) is 13.0 Å². The van der Waals surface area contributed by atoms with E-state index in [2.05, 4.69) is 25.7 Å². The Morgan fingerprint density at radius 3 is 2.81 bits per heavy atom. The van der Waals surface area contributed by atoms with Gasteiger partial charge in [0, 0.05) is 22.2 Å². The third-order valence-corrected chi connectivity index (χ3v) is 2.87. The minimum atomic E-state index is 0. The highest BCUT2D eigenvalue weighted by Crippen LogP contribution is 2.19. The van der Waals surface area contributed by atoms with Crippen LogP contribution < -0.4 is 11.3 Å². The van der Waals surface area contributed by atoms with Gasteiger partial charge in [0.05, 0.1) is 6.21 Å². The van der Waals surface area contributed by atoms with Gasteiger partial charge in [-0.1, -0.05) is 18.2 Å². The zero-order valence-corrected chi connectivity index (χ0v) is 12.8. The van der Waals surface area contributed by atoms with E-state index in [1.165, 1.54) is 11.0 Å². The van der Waals surface area contributed by atoms with Gasteiger partial charge in [-0.25, -0.2) is 10.1 Å². The summed E-state index contributed by atoms with van der Waals surface area (Å²) in [6.45, 7) is 2.01. The predicted molar refractivity (Wildman–Crippen MR) is 88.9 cm³/mol. The monoisotopic (exact) mass is 327 g/mol. The van der Waals surface area contributed by atoms with Crippen LogP contribution in [0.4, 0.5) is 5.95 Å². The van der Waals surface area contributed by atoms with Gasteiger partial charge in [0.25, 0.3) is 5.95 Å². The third-order valence-electron chi connectivity index (χ3n) is 2.87. The number of hydrogen-bond donors (Lipinski definition) is 3. The van der Waals surface area contributed by atoms with Crippen molar-refractivity contribution >= 4 is 47.9 Å². The molecule has 112 valence electrons. The molecule has 4 N–H and O–H groups in total. The molecule has 2 heterocycles. The zero-order chi connectivity index (χ0) is 13.2. The van der Waals surface area contributed by atoms with Crippen LogP contribution in [-0.4, -0.2) is 26.1 Å². The molecule has 0 bridgehead atoms. The van der Waals surface area contributed by atoms with E-state index in [4.69, 9.17) is 5.84 Å². The number of para-hydroxylation sites is 1. The van der Waals surface area contributed by atoms with Crippen molar-refractivity contribution in [1.29, 1.82) is 0 Å². The van der Waals surface area contributed by atoms with E-state index < -0.39 is 0 Å². The Bertz CT molecular complexity index is 747. The van der Waals surface area contributed by atoms with Crippen LogP contribution in [0.25, 0.3) is 10.9 Å². The third kappa shape index (κ3) is 3.26. The zero-order valence-electron chi connectivity index (χ0n) is 11.1. The first-order valence-electron chi connectivity index (χ1n) is 5.77. The van der Waals surface area contributed by atoms with Crippen LogP contribution in [0.15, 0.2) is 35.7 Å². The maximum Gasteiger partial charge on any atom is 0.263 e. The highest BCUT2D eigenvalue weighted by atomic mass is 35.5. The van der Waals surface area contributed by atoms with Gasteiger partial charge < -0.3 is 10.8 Å². The van der Waals surface area contributed by atoms with Crippen LogP contribution in [0.2, 0.25) is 0 Å². The summed E-state index contributed by atoms with van der Waals surface area (Å²) in [5.41, 5.74) is 5.92. The summed E-state index contributed by atoms with van der Waals surface area (Å²) in [6.07, 6.45) is 3.14. The maximum absolute atomic E-state index is 5.57.